The molecule has 2 rings (SSSR count). The van der Waals surface area contributed by atoms with Crippen molar-refractivity contribution in [2.75, 3.05) is 25.5 Å². The van der Waals surface area contributed by atoms with Crippen molar-refractivity contribution in [3.05, 3.63) is 59.7 Å². The Morgan fingerprint density at radius 2 is 1.88 bits per heavy atom. The number of amides is 1. The SMILES string of the molecule is CCN(CC(=O)Nc1cccc(OC)c1)Cc1ccc(C(=O)O)cc1. The molecule has 0 aliphatic heterocycles. The van der Waals surface area contributed by atoms with Gasteiger partial charge in [-0.25, -0.2) is 4.79 Å². The summed E-state index contributed by atoms with van der Waals surface area (Å²) < 4.78 is 5.14. The quantitative estimate of drug-likeness (QED) is 0.771. The van der Waals surface area contributed by atoms with E-state index < -0.39 is 5.97 Å². The fourth-order valence-corrected chi connectivity index (χ4v) is 2.39. The fraction of sp³-hybridized carbons (Fsp3) is 0.263. The van der Waals surface area contributed by atoms with Crippen LogP contribution in [0.2, 0.25) is 0 Å². The van der Waals surface area contributed by atoms with E-state index in [4.69, 9.17) is 9.84 Å². The van der Waals surface area contributed by atoms with Crippen LogP contribution in [0.3, 0.4) is 0 Å². The number of hydrogen-bond donors (Lipinski definition) is 2. The number of aromatic carboxylic acids is 1. The van der Waals surface area contributed by atoms with Crippen LogP contribution in [0.4, 0.5) is 5.69 Å². The highest BCUT2D eigenvalue weighted by molar-refractivity contribution is 5.92. The summed E-state index contributed by atoms with van der Waals surface area (Å²) in [6.45, 7) is 3.49. The number of methoxy groups -OCH3 is 1. The molecule has 0 unspecified atom stereocenters. The molecule has 2 N–H and O–H groups in total. The summed E-state index contributed by atoms with van der Waals surface area (Å²) in [5, 5.41) is 11.8. The maximum Gasteiger partial charge on any atom is 0.335 e. The Morgan fingerprint density at radius 3 is 2.48 bits per heavy atom. The summed E-state index contributed by atoms with van der Waals surface area (Å²) in [6, 6.07) is 13.9. The minimum atomic E-state index is -0.948. The Morgan fingerprint density at radius 1 is 1.16 bits per heavy atom. The second kappa shape index (κ2) is 8.84. The highest BCUT2D eigenvalue weighted by Crippen LogP contribution is 2.16. The van der Waals surface area contributed by atoms with Crippen molar-refractivity contribution in [1.82, 2.24) is 4.90 Å². The smallest absolute Gasteiger partial charge is 0.335 e. The number of nitrogens with zero attached hydrogens (tertiary/aromatic N) is 1. The van der Waals surface area contributed by atoms with E-state index in [2.05, 4.69) is 5.32 Å². The molecule has 6 nitrogen and oxygen atoms in total. The lowest BCUT2D eigenvalue weighted by Crippen LogP contribution is -2.32. The van der Waals surface area contributed by atoms with Crippen molar-refractivity contribution < 1.29 is 19.4 Å². The van der Waals surface area contributed by atoms with Crippen molar-refractivity contribution in [2.24, 2.45) is 0 Å². The number of hydrogen-bond acceptors (Lipinski definition) is 4. The van der Waals surface area contributed by atoms with Crippen LogP contribution in [0, 0.1) is 0 Å². The van der Waals surface area contributed by atoms with Gasteiger partial charge in [0, 0.05) is 18.3 Å². The van der Waals surface area contributed by atoms with Crippen LogP contribution < -0.4 is 10.1 Å². The number of carbonyl (C=O) groups is 2. The number of ether oxygens (including phenoxy) is 1. The van der Waals surface area contributed by atoms with E-state index in [1.54, 1.807) is 43.5 Å². The van der Waals surface area contributed by atoms with Gasteiger partial charge in [0.15, 0.2) is 0 Å². The molecule has 0 bridgehead atoms. The second-order valence-corrected chi connectivity index (χ2v) is 5.59. The van der Waals surface area contributed by atoms with Crippen molar-refractivity contribution >= 4 is 17.6 Å². The molecule has 0 spiro atoms. The highest BCUT2D eigenvalue weighted by Gasteiger charge is 2.11. The first-order valence-corrected chi connectivity index (χ1v) is 8.00. The summed E-state index contributed by atoms with van der Waals surface area (Å²) >= 11 is 0. The first-order chi connectivity index (χ1) is 12.0. The Labute approximate surface area is 147 Å². The monoisotopic (exact) mass is 342 g/mol. The van der Waals surface area contributed by atoms with Crippen molar-refractivity contribution in [3.63, 3.8) is 0 Å². The number of rotatable bonds is 8. The summed E-state index contributed by atoms with van der Waals surface area (Å²) in [5.41, 5.74) is 1.90. The van der Waals surface area contributed by atoms with E-state index in [0.717, 1.165) is 5.56 Å². The predicted molar refractivity (Wildman–Crippen MR) is 96.0 cm³/mol. The number of carbonyl (C=O) groups excluding carboxylic acids is 1. The molecule has 6 heteroatoms. The van der Waals surface area contributed by atoms with Gasteiger partial charge in [0.25, 0.3) is 0 Å². The van der Waals surface area contributed by atoms with Crippen LogP contribution >= 0.6 is 0 Å². The van der Waals surface area contributed by atoms with Gasteiger partial charge in [0.2, 0.25) is 5.91 Å². The van der Waals surface area contributed by atoms with Gasteiger partial charge < -0.3 is 15.2 Å². The Kier molecular flexibility index (Phi) is 6.54. The van der Waals surface area contributed by atoms with E-state index in [9.17, 15) is 9.59 Å². The van der Waals surface area contributed by atoms with Gasteiger partial charge in [0.1, 0.15) is 5.75 Å². The van der Waals surface area contributed by atoms with Crippen LogP contribution in [0.5, 0.6) is 5.75 Å². The van der Waals surface area contributed by atoms with Gasteiger partial charge in [0.05, 0.1) is 19.2 Å². The van der Waals surface area contributed by atoms with E-state index in [1.165, 1.54) is 0 Å². The first kappa shape index (κ1) is 18.5. The molecule has 0 atom stereocenters. The molecule has 0 heterocycles. The molecule has 0 aliphatic carbocycles. The molecule has 0 saturated carbocycles. The minimum Gasteiger partial charge on any atom is -0.497 e. The van der Waals surface area contributed by atoms with Gasteiger partial charge in [-0.2, -0.15) is 0 Å². The molecule has 1 amide bonds. The molecule has 0 radical (unpaired) electrons. The first-order valence-electron chi connectivity index (χ1n) is 8.00. The van der Waals surface area contributed by atoms with Gasteiger partial charge in [-0.1, -0.05) is 25.1 Å². The number of benzene rings is 2. The normalized spacial score (nSPS) is 10.5. The standard InChI is InChI=1S/C19H22N2O4/c1-3-21(12-14-7-9-15(10-8-14)19(23)24)13-18(22)20-16-5-4-6-17(11-16)25-2/h4-11H,3,12-13H2,1-2H3,(H,20,22)(H,23,24). The third-order valence-corrected chi connectivity index (χ3v) is 3.77. The zero-order valence-corrected chi connectivity index (χ0v) is 14.4. The summed E-state index contributed by atoms with van der Waals surface area (Å²) in [6.07, 6.45) is 0. The lowest BCUT2D eigenvalue weighted by atomic mass is 10.1. The third kappa shape index (κ3) is 5.61. The number of carboxylic acid groups (broad SMARTS) is 1. The predicted octanol–water partition coefficient (Wildman–Crippen LogP) is 2.85. The van der Waals surface area contributed by atoms with Crippen molar-refractivity contribution in [3.8, 4) is 5.75 Å². The lowest BCUT2D eigenvalue weighted by Gasteiger charge is -2.20. The van der Waals surface area contributed by atoms with Crippen LogP contribution in [0.25, 0.3) is 0 Å². The van der Waals surface area contributed by atoms with Crippen molar-refractivity contribution in [1.29, 1.82) is 0 Å². The molecular formula is C19H22N2O4. The molecule has 2 aromatic carbocycles. The molecule has 0 saturated heterocycles. The third-order valence-electron chi connectivity index (χ3n) is 3.77. The Hall–Kier alpha value is -2.86. The van der Waals surface area contributed by atoms with E-state index in [1.807, 2.05) is 24.0 Å². The van der Waals surface area contributed by atoms with E-state index in [-0.39, 0.29) is 18.0 Å². The molecule has 0 aromatic heterocycles. The number of nitrogens with one attached hydrogen (secondary N) is 1. The second-order valence-electron chi connectivity index (χ2n) is 5.59. The number of likely N-dealkylation sites (N-methyl/N-ethyl adjacent to an activating group) is 1. The minimum absolute atomic E-state index is 0.114. The average Bonchev–Trinajstić information content (AvgIpc) is 2.61. The van der Waals surface area contributed by atoms with Crippen LogP contribution in [-0.4, -0.2) is 42.1 Å². The summed E-state index contributed by atoms with van der Waals surface area (Å²) in [7, 11) is 1.58. The largest absolute Gasteiger partial charge is 0.497 e. The van der Waals surface area contributed by atoms with Gasteiger partial charge in [-0.3, -0.25) is 9.69 Å². The topological polar surface area (TPSA) is 78.9 Å². The summed E-state index contributed by atoms with van der Waals surface area (Å²) in [4.78, 5) is 25.1. The zero-order valence-electron chi connectivity index (χ0n) is 14.4. The zero-order chi connectivity index (χ0) is 18.2. The molecular weight excluding hydrogens is 320 g/mol. The Bertz CT molecular complexity index is 728. The van der Waals surface area contributed by atoms with Gasteiger partial charge >= 0.3 is 5.97 Å². The Balaban J connectivity index is 1.93. The van der Waals surface area contributed by atoms with Gasteiger partial charge in [-0.05, 0) is 36.4 Å². The summed E-state index contributed by atoms with van der Waals surface area (Å²) in [5.74, 6) is -0.377. The molecule has 132 valence electrons. The van der Waals surface area contributed by atoms with Crippen LogP contribution in [-0.2, 0) is 11.3 Å². The molecule has 25 heavy (non-hydrogen) atoms. The molecule has 0 aliphatic rings. The van der Waals surface area contributed by atoms with E-state index in [0.29, 0.717) is 24.5 Å². The van der Waals surface area contributed by atoms with E-state index >= 15 is 0 Å². The average molecular weight is 342 g/mol. The van der Waals surface area contributed by atoms with Crippen LogP contribution in [0.1, 0.15) is 22.8 Å². The fourth-order valence-electron chi connectivity index (χ4n) is 2.39. The number of anilines is 1. The number of carboxylic acids is 1. The van der Waals surface area contributed by atoms with Crippen molar-refractivity contribution in [2.45, 2.75) is 13.5 Å². The maximum atomic E-state index is 12.2. The lowest BCUT2D eigenvalue weighted by molar-refractivity contribution is -0.117. The molecule has 0 fully saturated rings. The van der Waals surface area contributed by atoms with Gasteiger partial charge in [-0.15, -0.1) is 0 Å². The molecule has 2 aromatic rings. The maximum absolute atomic E-state index is 12.2. The van der Waals surface area contributed by atoms with Crippen LogP contribution in [0.15, 0.2) is 48.5 Å². The highest BCUT2D eigenvalue weighted by atomic mass is 16.5.